The highest BCUT2D eigenvalue weighted by atomic mass is 16.6. The summed E-state index contributed by atoms with van der Waals surface area (Å²) in [5.74, 6) is 1.65. The molecule has 3 fully saturated rings. The minimum Gasteiger partial charge on any atom is -0.455 e. The number of pyridine rings is 1. The number of hydrogen-bond donors (Lipinski definition) is 0. The van der Waals surface area contributed by atoms with Gasteiger partial charge in [0.2, 0.25) is 0 Å². The van der Waals surface area contributed by atoms with E-state index in [2.05, 4.69) is 29.0 Å². The van der Waals surface area contributed by atoms with E-state index in [-0.39, 0.29) is 12.1 Å². The van der Waals surface area contributed by atoms with Gasteiger partial charge in [-0.25, -0.2) is 9.78 Å². The summed E-state index contributed by atoms with van der Waals surface area (Å²) in [6, 6.07) is 4.08. The van der Waals surface area contributed by atoms with Crippen LogP contribution in [0.1, 0.15) is 44.6 Å². The second-order valence-electron chi connectivity index (χ2n) is 8.22. The molecule has 5 nitrogen and oxygen atoms in total. The first kappa shape index (κ1) is 16.3. The van der Waals surface area contributed by atoms with Crippen LogP contribution in [0.3, 0.4) is 0 Å². The summed E-state index contributed by atoms with van der Waals surface area (Å²) in [6.45, 7) is 4.78. The number of allylic oxidation sites excluding steroid dienone is 1. The van der Waals surface area contributed by atoms with Gasteiger partial charge in [-0.15, -0.1) is 0 Å². The molecule has 0 unspecified atom stereocenters. The molecule has 4 aliphatic rings. The Balaban J connectivity index is 1.45. The molecule has 1 saturated carbocycles. The molecule has 1 aromatic rings. The zero-order valence-corrected chi connectivity index (χ0v) is 15.3. The Bertz CT molecular complexity index is 755. The molecule has 2 aliphatic heterocycles. The van der Waals surface area contributed by atoms with E-state index in [9.17, 15) is 4.79 Å². The van der Waals surface area contributed by atoms with Gasteiger partial charge in [0.1, 0.15) is 17.5 Å². The van der Waals surface area contributed by atoms with Crippen molar-refractivity contribution in [2.75, 3.05) is 18.0 Å². The smallest absolute Gasteiger partial charge is 0.337 e. The van der Waals surface area contributed by atoms with Gasteiger partial charge in [0.15, 0.2) is 0 Å². The average Bonchev–Trinajstić information content (AvgIpc) is 3.34. The maximum atomic E-state index is 12.4. The van der Waals surface area contributed by atoms with E-state index in [0.29, 0.717) is 18.4 Å². The van der Waals surface area contributed by atoms with Gasteiger partial charge in [0.05, 0.1) is 12.2 Å². The van der Waals surface area contributed by atoms with Crippen molar-refractivity contribution in [2.24, 2.45) is 11.8 Å². The molecular weight excluding hydrogens is 328 g/mol. The molecule has 0 bridgehead atoms. The van der Waals surface area contributed by atoms with E-state index < -0.39 is 5.60 Å². The molecule has 2 saturated heterocycles. The van der Waals surface area contributed by atoms with Crippen LogP contribution >= 0.6 is 0 Å². The van der Waals surface area contributed by atoms with Crippen LogP contribution in [-0.2, 0) is 20.9 Å². The molecule has 3 heterocycles. The average molecular weight is 354 g/mol. The molecule has 0 radical (unpaired) electrons. The Morgan fingerprint density at radius 2 is 2.19 bits per heavy atom. The number of hydrogen-bond acceptors (Lipinski definition) is 5. The van der Waals surface area contributed by atoms with E-state index in [0.717, 1.165) is 49.3 Å². The van der Waals surface area contributed by atoms with Crippen LogP contribution in [-0.4, -0.2) is 35.7 Å². The van der Waals surface area contributed by atoms with E-state index in [1.807, 2.05) is 12.3 Å². The maximum absolute atomic E-state index is 12.4. The van der Waals surface area contributed by atoms with Crippen molar-refractivity contribution < 1.29 is 14.3 Å². The minimum absolute atomic E-state index is 0.120. The molecule has 0 aromatic carbocycles. The summed E-state index contributed by atoms with van der Waals surface area (Å²) in [7, 11) is 0. The summed E-state index contributed by atoms with van der Waals surface area (Å²) in [6.07, 6.45) is 9.33. The van der Waals surface area contributed by atoms with Gasteiger partial charge in [0.25, 0.3) is 0 Å². The SMILES string of the molecule is C[C@H]1C=C2C(=O)O[C@H]3CC[C@@H](C1)[C@@]23OCc1cccnc1N1CCCC1. The topological polar surface area (TPSA) is 51.7 Å². The molecule has 5 rings (SSSR count). The fraction of sp³-hybridized carbons (Fsp3) is 0.619. The van der Waals surface area contributed by atoms with Crippen molar-refractivity contribution >= 4 is 11.8 Å². The number of anilines is 1. The Morgan fingerprint density at radius 3 is 3.04 bits per heavy atom. The number of aromatic nitrogens is 1. The van der Waals surface area contributed by atoms with Crippen LogP contribution in [0.2, 0.25) is 0 Å². The predicted molar refractivity (Wildman–Crippen MR) is 97.7 cm³/mol. The van der Waals surface area contributed by atoms with Crippen molar-refractivity contribution in [3.63, 3.8) is 0 Å². The summed E-state index contributed by atoms with van der Waals surface area (Å²) in [4.78, 5) is 19.4. The Morgan fingerprint density at radius 1 is 1.35 bits per heavy atom. The highest BCUT2D eigenvalue weighted by molar-refractivity contribution is 5.94. The number of esters is 1. The molecule has 138 valence electrons. The van der Waals surface area contributed by atoms with Gasteiger partial charge in [-0.3, -0.25) is 0 Å². The predicted octanol–water partition coefficient (Wildman–Crippen LogP) is 3.24. The maximum Gasteiger partial charge on any atom is 0.337 e. The van der Waals surface area contributed by atoms with Crippen LogP contribution in [0.4, 0.5) is 5.82 Å². The largest absolute Gasteiger partial charge is 0.455 e. The normalized spacial score (nSPS) is 35.4. The Labute approximate surface area is 154 Å². The minimum atomic E-state index is -0.540. The quantitative estimate of drug-likeness (QED) is 0.777. The van der Waals surface area contributed by atoms with Crippen LogP contribution in [0.25, 0.3) is 0 Å². The highest BCUT2D eigenvalue weighted by Gasteiger charge is 2.63. The van der Waals surface area contributed by atoms with Crippen molar-refractivity contribution in [2.45, 2.75) is 57.3 Å². The van der Waals surface area contributed by atoms with Gasteiger partial charge in [0, 0.05) is 24.8 Å². The highest BCUT2D eigenvalue weighted by Crippen LogP contribution is 2.55. The first-order chi connectivity index (χ1) is 12.7. The zero-order chi connectivity index (χ0) is 17.7. The van der Waals surface area contributed by atoms with Crippen molar-refractivity contribution in [3.05, 3.63) is 35.5 Å². The molecular formula is C21H26N2O3. The number of carbonyl (C=O) groups excluding carboxylic acids is 1. The fourth-order valence-corrected chi connectivity index (χ4v) is 5.47. The fourth-order valence-electron chi connectivity index (χ4n) is 5.47. The second-order valence-corrected chi connectivity index (χ2v) is 8.22. The third kappa shape index (κ3) is 2.33. The number of carbonyl (C=O) groups is 1. The zero-order valence-electron chi connectivity index (χ0n) is 15.3. The summed E-state index contributed by atoms with van der Waals surface area (Å²) in [5.41, 5.74) is 1.35. The van der Waals surface area contributed by atoms with Crippen LogP contribution in [0, 0.1) is 11.8 Å². The van der Waals surface area contributed by atoms with E-state index in [1.165, 1.54) is 12.8 Å². The lowest BCUT2D eigenvalue weighted by Gasteiger charge is -2.38. The van der Waals surface area contributed by atoms with E-state index in [1.54, 1.807) is 0 Å². The van der Waals surface area contributed by atoms with E-state index >= 15 is 0 Å². The van der Waals surface area contributed by atoms with Gasteiger partial charge in [-0.2, -0.15) is 0 Å². The number of ether oxygens (including phenoxy) is 2. The van der Waals surface area contributed by atoms with Gasteiger partial charge >= 0.3 is 5.97 Å². The molecule has 0 amide bonds. The third-order valence-corrected chi connectivity index (χ3v) is 6.60. The molecule has 0 N–H and O–H groups in total. The lowest BCUT2D eigenvalue weighted by molar-refractivity contribution is -0.142. The first-order valence-electron chi connectivity index (χ1n) is 9.94. The van der Waals surface area contributed by atoms with Crippen LogP contribution < -0.4 is 4.90 Å². The summed E-state index contributed by atoms with van der Waals surface area (Å²) < 4.78 is 12.3. The lowest BCUT2D eigenvalue weighted by atomic mass is 9.73. The van der Waals surface area contributed by atoms with Crippen LogP contribution in [0.5, 0.6) is 0 Å². The molecule has 0 spiro atoms. The Kier molecular flexibility index (Phi) is 3.82. The van der Waals surface area contributed by atoms with Crippen molar-refractivity contribution in [1.82, 2.24) is 4.98 Å². The number of rotatable bonds is 4. The first-order valence-corrected chi connectivity index (χ1v) is 9.94. The molecule has 4 atom stereocenters. The molecule has 2 aliphatic carbocycles. The van der Waals surface area contributed by atoms with Crippen molar-refractivity contribution in [3.8, 4) is 0 Å². The number of nitrogens with zero attached hydrogens (tertiary/aromatic N) is 2. The monoisotopic (exact) mass is 354 g/mol. The van der Waals surface area contributed by atoms with Crippen LogP contribution in [0.15, 0.2) is 30.0 Å². The molecule has 1 aromatic heterocycles. The van der Waals surface area contributed by atoms with Gasteiger partial charge < -0.3 is 14.4 Å². The summed E-state index contributed by atoms with van der Waals surface area (Å²) in [5, 5.41) is 0. The molecule has 5 heteroatoms. The van der Waals surface area contributed by atoms with Gasteiger partial charge in [-0.1, -0.05) is 19.1 Å². The third-order valence-electron chi connectivity index (χ3n) is 6.60. The van der Waals surface area contributed by atoms with Gasteiger partial charge in [-0.05, 0) is 50.0 Å². The molecule has 26 heavy (non-hydrogen) atoms. The van der Waals surface area contributed by atoms with E-state index in [4.69, 9.17) is 9.47 Å². The van der Waals surface area contributed by atoms with Crippen molar-refractivity contribution in [1.29, 1.82) is 0 Å². The summed E-state index contributed by atoms with van der Waals surface area (Å²) >= 11 is 0. The lowest BCUT2D eigenvalue weighted by Crippen LogP contribution is -2.46. The standard InChI is InChI=1S/C21H26N2O3/c1-14-11-16-6-7-18-21(16,17(12-14)20(24)26-18)25-13-15-5-4-8-22-19(15)23-9-2-3-10-23/h4-5,8,12,14,16,18H,2-3,6-7,9-11,13H2,1H3/t14-,16+,18+,21-/m1/s1. The Hall–Kier alpha value is -1.88. The second kappa shape index (κ2) is 6.08.